The van der Waals surface area contributed by atoms with E-state index < -0.39 is 0 Å². The SMILES string of the molecule is CC[C@H](C)C(=O)OC(c1ccccc1)c1scnc1C. The Kier molecular flexibility index (Phi) is 4.90. The van der Waals surface area contributed by atoms with Gasteiger partial charge in [-0.25, -0.2) is 4.98 Å². The van der Waals surface area contributed by atoms with Crippen molar-refractivity contribution in [3.8, 4) is 0 Å². The second kappa shape index (κ2) is 6.66. The Morgan fingerprint density at radius 2 is 2.05 bits per heavy atom. The molecule has 0 aliphatic rings. The molecule has 1 aromatic carbocycles. The zero-order chi connectivity index (χ0) is 14.5. The second-order valence-electron chi connectivity index (χ2n) is 4.84. The standard InChI is InChI=1S/C16H19NO2S/c1-4-11(2)16(18)19-14(13-8-6-5-7-9-13)15-12(3)17-10-20-15/h5-11,14H,4H2,1-3H3/t11-,14?/m0/s1. The second-order valence-corrected chi connectivity index (χ2v) is 5.73. The van der Waals surface area contributed by atoms with Crippen LogP contribution in [0.15, 0.2) is 35.8 Å². The number of benzene rings is 1. The molecule has 106 valence electrons. The number of hydrogen-bond donors (Lipinski definition) is 0. The Hall–Kier alpha value is -1.68. The molecule has 2 atom stereocenters. The Morgan fingerprint density at radius 1 is 1.35 bits per heavy atom. The summed E-state index contributed by atoms with van der Waals surface area (Å²) in [6.45, 7) is 5.82. The van der Waals surface area contributed by atoms with Crippen LogP contribution in [0.1, 0.15) is 42.5 Å². The first-order valence-corrected chi connectivity index (χ1v) is 7.66. The average molecular weight is 289 g/mol. The molecule has 1 heterocycles. The molecule has 0 spiro atoms. The predicted octanol–water partition coefficient (Wildman–Crippen LogP) is 4.13. The van der Waals surface area contributed by atoms with Crippen molar-refractivity contribution in [3.05, 3.63) is 52.0 Å². The Labute approximate surface area is 123 Å². The minimum Gasteiger partial charge on any atom is -0.451 e. The molecule has 2 rings (SSSR count). The topological polar surface area (TPSA) is 39.2 Å². The Bertz CT molecular complexity index is 565. The maximum absolute atomic E-state index is 12.1. The number of esters is 1. The summed E-state index contributed by atoms with van der Waals surface area (Å²) in [5.41, 5.74) is 3.69. The lowest BCUT2D eigenvalue weighted by Gasteiger charge is -2.19. The van der Waals surface area contributed by atoms with E-state index in [9.17, 15) is 4.79 Å². The lowest BCUT2D eigenvalue weighted by atomic mass is 10.1. The summed E-state index contributed by atoms with van der Waals surface area (Å²) in [5.74, 6) is -0.247. The van der Waals surface area contributed by atoms with Gasteiger partial charge in [0, 0.05) is 0 Å². The zero-order valence-electron chi connectivity index (χ0n) is 12.0. The van der Waals surface area contributed by atoms with Crippen molar-refractivity contribution in [3.63, 3.8) is 0 Å². The van der Waals surface area contributed by atoms with E-state index in [-0.39, 0.29) is 18.0 Å². The van der Waals surface area contributed by atoms with Crippen LogP contribution in [0.5, 0.6) is 0 Å². The van der Waals surface area contributed by atoms with Gasteiger partial charge in [0.1, 0.15) is 0 Å². The average Bonchev–Trinajstić information content (AvgIpc) is 2.90. The number of carbonyl (C=O) groups is 1. The molecule has 2 aromatic rings. The first-order chi connectivity index (χ1) is 9.63. The van der Waals surface area contributed by atoms with Crippen LogP contribution in [0.25, 0.3) is 0 Å². The molecule has 0 amide bonds. The summed E-state index contributed by atoms with van der Waals surface area (Å²) in [4.78, 5) is 17.4. The molecule has 0 radical (unpaired) electrons. The lowest BCUT2D eigenvalue weighted by Crippen LogP contribution is -2.18. The molecular formula is C16H19NO2S. The summed E-state index contributed by atoms with van der Waals surface area (Å²) < 4.78 is 5.75. The van der Waals surface area contributed by atoms with Crippen LogP contribution in [0.4, 0.5) is 0 Å². The van der Waals surface area contributed by atoms with Gasteiger partial charge in [0.05, 0.1) is 22.0 Å². The molecule has 0 aliphatic heterocycles. The number of nitrogens with zero attached hydrogens (tertiary/aromatic N) is 1. The van der Waals surface area contributed by atoms with Crippen LogP contribution in [-0.2, 0) is 9.53 Å². The Morgan fingerprint density at radius 3 is 2.60 bits per heavy atom. The van der Waals surface area contributed by atoms with Gasteiger partial charge in [-0.2, -0.15) is 0 Å². The van der Waals surface area contributed by atoms with Crippen molar-refractivity contribution < 1.29 is 9.53 Å². The Balaban J connectivity index is 2.31. The molecule has 1 unspecified atom stereocenters. The number of ether oxygens (including phenoxy) is 1. The zero-order valence-corrected chi connectivity index (χ0v) is 12.8. The molecule has 1 aromatic heterocycles. The summed E-state index contributed by atoms with van der Waals surface area (Å²) >= 11 is 1.53. The van der Waals surface area contributed by atoms with E-state index in [1.165, 1.54) is 11.3 Å². The molecule has 0 bridgehead atoms. The van der Waals surface area contributed by atoms with Crippen LogP contribution in [0, 0.1) is 12.8 Å². The van der Waals surface area contributed by atoms with Crippen molar-refractivity contribution in [2.45, 2.75) is 33.3 Å². The van der Waals surface area contributed by atoms with Crippen molar-refractivity contribution in [1.82, 2.24) is 4.98 Å². The molecule has 0 fully saturated rings. The monoisotopic (exact) mass is 289 g/mol. The highest BCUT2D eigenvalue weighted by Gasteiger charge is 2.24. The van der Waals surface area contributed by atoms with Gasteiger partial charge in [0.2, 0.25) is 0 Å². The third kappa shape index (κ3) is 3.25. The fourth-order valence-electron chi connectivity index (χ4n) is 1.86. The van der Waals surface area contributed by atoms with E-state index in [0.29, 0.717) is 0 Å². The van der Waals surface area contributed by atoms with Crippen molar-refractivity contribution in [2.24, 2.45) is 5.92 Å². The number of thiazole rings is 1. The van der Waals surface area contributed by atoms with Crippen molar-refractivity contribution >= 4 is 17.3 Å². The van der Waals surface area contributed by atoms with Crippen LogP contribution < -0.4 is 0 Å². The normalized spacial score (nSPS) is 13.8. The number of rotatable bonds is 5. The van der Waals surface area contributed by atoms with Gasteiger partial charge in [-0.1, -0.05) is 44.2 Å². The molecule has 0 aliphatic carbocycles. The fourth-order valence-corrected chi connectivity index (χ4v) is 2.72. The van der Waals surface area contributed by atoms with Crippen LogP contribution in [0.3, 0.4) is 0 Å². The van der Waals surface area contributed by atoms with E-state index in [1.807, 2.05) is 51.1 Å². The van der Waals surface area contributed by atoms with E-state index in [4.69, 9.17) is 4.74 Å². The van der Waals surface area contributed by atoms with Gasteiger partial charge in [0.25, 0.3) is 0 Å². The number of hydrogen-bond acceptors (Lipinski definition) is 4. The minimum absolute atomic E-state index is 0.0885. The highest BCUT2D eigenvalue weighted by atomic mass is 32.1. The van der Waals surface area contributed by atoms with E-state index >= 15 is 0 Å². The van der Waals surface area contributed by atoms with Gasteiger partial charge < -0.3 is 4.74 Å². The molecule has 0 saturated heterocycles. The summed E-state index contributed by atoms with van der Waals surface area (Å²) in [6, 6.07) is 9.82. The van der Waals surface area contributed by atoms with Gasteiger partial charge in [0.15, 0.2) is 6.10 Å². The van der Waals surface area contributed by atoms with E-state index in [2.05, 4.69) is 4.98 Å². The molecular weight excluding hydrogens is 270 g/mol. The van der Waals surface area contributed by atoms with Gasteiger partial charge >= 0.3 is 5.97 Å². The molecule has 4 heteroatoms. The maximum Gasteiger partial charge on any atom is 0.309 e. The number of carbonyl (C=O) groups excluding carboxylic acids is 1. The highest BCUT2D eigenvalue weighted by Crippen LogP contribution is 2.32. The maximum atomic E-state index is 12.1. The molecule has 20 heavy (non-hydrogen) atoms. The first-order valence-electron chi connectivity index (χ1n) is 6.78. The fraction of sp³-hybridized carbons (Fsp3) is 0.375. The third-order valence-electron chi connectivity index (χ3n) is 3.37. The minimum atomic E-state index is -0.356. The molecule has 0 N–H and O–H groups in total. The van der Waals surface area contributed by atoms with Crippen molar-refractivity contribution in [1.29, 1.82) is 0 Å². The molecule has 3 nitrogen and oxygen atoms in total. The van der Waals surface area contributed by atoms with E-state index in [0.717, 1.165) is 22.6 Å². The quantitative estimate of drug-likeness (QED) is 0.777. The molecule has 0 saturated carbocycles. The highest BCUT2D eigenvalue weighted by molar-refractivity contribution is 7.09. The van der Waals surface area contributed by atoms with Gasteiger partial charge in [-0.05, 0) is 18.9 Å². The summed E-state index contributed by atoms with van der Waals surface area (Å²) in [5, 5.41) is 0. The number of aromatic nitrogens is 1. The smallest absolute Gasteiger partial charge is 0.309 e. The lowest BCUT2D eigenvalue weighted by molar-refractivity contribution is -0.151. The van der Waals surface area contributed by atoms with Crippen LogP contribution in [-0.4, -0.2) is 11.0 Å². The predicted molar refractivity (Wildman–Crippen MR) is 80.7 cm³/mol. The third-order valence-corrected chi connectivity index (χ3v) is 4.35. The first kappa shape index (κ1) is 14.7. The van der Waals surface area contributed by atoms with Crippen LogP contribution >= 0.6 is 11.3 Å². The van der Waals surface area contributed by atoms with Gasteiger partial charge in [-0.15, -0.1) is 11.3 Å². The summed E-state index contributed by atoms with van der Waals surface area (Å²) in [6.07, 6.45) is 0.423. The summed E-state index contributed by atoms with van der Waals surface area (Å²) in [7, 11) is 0. The number of aryl methyl sites for hydroxylation is 1. The van der Waals surface area contributed by atoms with Crippen LogP contribution in [0.2, 0.25) is 0 Å². The van der Waals surface area contributed by atoms with Gasteiger partial charge in [-0.3, -0.25) is 4.79 Å². The largest absolute Gasteiger partial charge is 0.451 e. The van der Waals surface area contributed by atoms with Crippen molar-refractivity contribution in [2.75, 3.05) is 0 Å². The van der Waals surface area contributed by atoms with E-state index in [1.54, 1.807) is 5.51 Å².